The summed E-state index contributed by atoms with van der Waals surface area (Å²) < 4.78 is 12.2. The van der Waals surface area contributed by atoms with Crippen LogP contribution in [0.1, 0.15) is 32.1 Å². The van der Waals surface area contributed by atoms with Crippen LogP contribution in [0.2, 0.25) is 0 Å². The molecule has 0 spiro atoms. The molecule has 1 N–H and O–H groups in total. The van der Waals surface area contributed by atoms with Crippen LogP contribution < -0.4 is 0 Å². The summed E-state index contributed by atoms with van der Waals surface area (Å²) in [6.45, 7) is 0.998. The number of aliphatic hydroxyl groups is 1. The fourth-order valence-electron chi connectivity index (χ4n) is 3.05. The third-order valence-electron chi connectivity index (χ3n) is 3.75. The molecule has 1 unspecified atom stereocenters. The number of fused-ring (bicyclic) bond motifs is 1. The van der Waals surface area contributed by atoms with Crippen molar-refractivity contribution in [3.05, 3.63) is 0 Å². The molecule has 0 aromatic carbocycles. The number of halogens is 1. The molecular weight excluding hydrogens is 181 g/mol. The second-order valence-corrected chi connectivity index (χ2v) is 4.70. The largest absolute Gasteiger partial charge is 0.389 e. The summed E-state index contributed by atoms with van der Waals surface area (Å²) in [5, 5.41) is 9.29. The van der Waals surface area contributed by atoms with E-state index < -0.39 is 12.8 Å². The molecule has 2 nitrogen and oxygen atoms in total. The second-order valence-electron chi connectivity index (χ2n) is 4.70. The number of alkyl halides is 1. The van der Waals surface area contributed by atoms with E-state index in [1.54, 1.807) is 0 Å². The van der Waals surface area contributed by atoms with Crippen LogP contribution in [0.3, 0.4) is 0 Å². The summed E-state index contributed by atoms with van der Waals surface area (Å²) in [5.41, 5.74) is 0. The van der Waals surface area contributed by atoms with Gasteiger partial charge < -0.3 is 5.11 Å². The Morgan fingerprint density at radius 3 is 2.86 bits per heavy atom. The summed E-state index contributed by atoms with van der Waals surface area (Å²) in [4.78, 5) is 2.30. The summed E-state index contributed by atoms with van der Waals surface area (Å²) in [6.07, 6.45) is 5.75. The van der Waals surface area contributed by atoms with Crippen molar-refractivity contribution in [3.63, 3.8) is 0 Å². The predicted molar refractivity (Wildman–Crippen MR) is 53.9 cm³/mol. The van der Waals surface area contributed by atoms with E-state index in [0.717, 1.165) is 12.5 Å². The Hall–Kier alpha value is -0.150. The molecule has 0 amide bonds. The molecular formula is C11H20FNO. The molecule has 1 aliphatic heterocycles. The molecule has 82 valence electrons. The SMILES string of the molecule is OC(CF)CN1CC[C@@H]2CCCC[C@@H]21. The highest BCUT2D eigenvalue weighted by molar-refractivity contribution is 4.90. The molecule has 0 aromatic rings. The van der Waals surface area contributed by atoms with Gasteiger partial charge in [0.25, 0.3) is 0 Å². The number of β-amino-alcohol motifs (C(OH)–C–C–N with tert-alkyl or cyclic N) is 1. The van der Waals surface area contributed by atoms with Gasteiger partial charge in [-0.25, -0.2) is 4.39 Å². The summed E-state index contributed by atoms with van der Waals surface area (Å²) in [6, 6.07) is 0.643. The van der Waals surface area contributed by atoms with Crippen molar-refractivity contribution in [1.82, 2.24) is 4.90 Å². The number of nitrogens with zero attached hydrogens (tertiary/aromatic N) is 1. The van der Waals surface area contributed by atoms with Gasteiger partial charge in [0.05, 0.1) is 6.10 Å². The van der Waals surface area contributed by atoms with Gasteiger partial charge in [-0.05, 0) is 31.7 Å². The molecule has 0 bridgehead atoms. The van der Waals surface area contributed by atoms with Crippen LogP contribution in [0.25, 0.3) is 0 Å². The van der Waals surface area contributed by atoms with E-state index in [1.807, 2.05) is 0 Å². The zero-order chi connectivity index (χ0) is 9.97. The van der Waals surface area contributed by atoms with Crippen LogP contribution in [-0.2, 0) is 0 Å². The lowest BCUT2D eigenvalue weighted by atomic mass is 9.85. The number of aliphatic hydroxyl groups excluding tert-OH is 1. The number of hydrogen-bond donors (Lipinski definition) is 1. The summed E-state index contributed by atoms with van der Waals surface area (Å²) in [5.74, 6) is 0.829. The molecule has 1 saturated carbocycles. The van der Waals surface area contributed by atoms with E-state index in [0.29, 0.717) is 12.6 Å². The van der Waals surface area contributed by atoms with E-state index in [1.165, 1.54) is 32.1 Å². The molecule has 1 saturated heterocycles. The van der Waals surface area contributed by atoms with Crippen molar-refractivity contribution in [2.24, 2.45) is 5.92 Å². The average molecular weight is 201 g/mol. The first kappa shape index (κ1) is 10.4. The highest BCUT2D eigenvalue weighted by Crippen LogP contribution is 2.35. The van der Waals surface area contributed by atoms with Gasteiger partial charge in [-0.2, -0.15) is 0 Å². The Balaban J connectivity index is 1.87. The van der Waals surface area contributed by atoms with Crippen LogP contribution >= 0.6 is 0 Å². The maximum atomic E-state index is 12.2. The fourth-order valence-corrected chi connectivity index (χ4v) is 3.05. The number of rotatable bonds is 3. The van der Waals surface area contributed by atoms with Crippen LogP contribution in [0, 0.1) is 5.92 Å². The number of likely N-dealkylation sites (tertiary alicyclic amines) is 1. The third kappa shape index (κ3) is 2.09. The minimum absolute atomic E-state index is 0.539. The van der Waals surface area contributed by atoms with E-state index in [9.17, 15) is 9.50 Å². The van der Waals surface area contributed by atoms with Gasteiger partial charge in [0.15, 0.2) is 0 Å². The van der Waals surface area contributed by atoms with E-state index in [2.05, 4.69) is 4.90 Å². The first-order chi connectivity index (χ1) is 6.81. The van der Waals surface area contributed by atoms with E-state index >= 15 is 0 Å². The monoisotopic (exact) mass is 201 g/mol. The van der Waals surface area contributed by atoms with Crippen molar-refractivity contribution in [2.75, 3.05) is 19.8 Å². The highest BCUT2D eigenvalue weighted by atomic mass is 19.1. The fraction of sp³-hybridized carbons (Fsp3) is 1.00. The highest BCUT2D eigenvalue weighted by Gasteiger charge is 2.35. The van der Waals surface area contributed by atoms with Crippen molar-refractivity contribution < 1.29 is 9.50 Å². The predicted octanol–water partition coefficient (Wildman–Crippen LogP) is 1.58. The van der Waals surface area contributed by atoms with Gasteiger partial charge in [0.1, 0.15) is 6.67 Å². The normalized spacial score (nSPS) is 35.6. The topological polar surface area (TPSA) is 23.5 Å². The van der Waals surface area contributed by atoms with Gasteiger partial charge in [-0.15, -0.1) is 0 Å². The Labute approximate surface area is 85.1 Å². The van der Waals surface area contributed by atoms with E-state index in [-0.39, 0.29) is 0 Å². The molecule has 14 heavy (non-hydrogen) atoms. The lowest BCUT2D eigenvalue weighted by Gasteiger charge is -2.32. The van der Waals surface area contributed by atoms with Crippen LogP contribution in [-0.4, -0.2) is 41.9 Å². The standard InChI is InChI=1S/C11H20FNO/c12-7-10(14)8-13-6-5-9-3-1-2-4-11(9)13/h9-11,14H,1-8H2/t9-,10?,11-/m0/s1. The zero-order valence-electron chi connectivity index (χ0n) is 8.66. The van der Waals surface area contributed by atoms with Gasteiger partial charge in [0.2, 0.25) is 0 Å². The molecule has 2 rings (SSSR count). The minimum atomic E-state index is -0.768. The first-order valence-corrected chi connectivity index (χ1v) is 5.79. The van der Waals surface area contributed by atoms with Crippen molar-refractivity contribution >= 4 is 0 Å². The molecule has 3 atom stereocenters. The maximum absolute atomic E-state index is 12.2. The molecule has 0 aromatic heterocycles. The maximum Gasteiger partial charge on any atom is 0.117 e. The zero-order valence-corrected chi connectivity index (χ0v) is 8.66. The van der Waals surface area contributed by atoms with Crippen molar-refractivity contribution in [3.8, 4) is 0 Å². The van der Waals surface area contributed by atoms with Gasteiger partial charge in [-0.1, -0.05) is 12.8 Å². The van der Waals surface area contributed by atoms with Gasteiger partial charge in [-0.3, -0.25) is 4.90 Å². The number of hydrogen-bond acceptors (Lipinski definition) is 2. The molecule has 3 heteroatoms. The smallest absolute Gasteiger partial charge is 0.117 e. The molecule has 1 heterocycles. The summed E-state index contributed by atoms with van der Waals surface area (Å²) >= 11 is 0. The van der Waals surface area contributed by atoms with Gasteiger partial charge in [0, 0.05) is 12.6 Å². The molecule has 1 aliphatic carbocycles. The molecule has 2 aliphatic rings. The lowest BCUT2D eigenvalue weighted by Crippen LogP contribution is -2.40. The van der Waals surface area contributed by atoms with Crippen LogP contribution in [0.15, 0.2) is 0 Å². The minimum Gasteiger partial charge on any atom is -0.389 e. The third-order valence-corrected chi connectivity index (χ3v) is 3.75. The van der Waals surface area contributed by atoms with Crippen LogP contribution in [0.5, 0.6) is 0 Å². The Morgan fingerprint density at radius 1 is 1.29 bits per heavy atom. The average Bonchev–Trinajstić information content (AvgIpc) is 2.62. The molecule has 2 fully saturated rings. The Bertz CT molecular complexity index is 188. The Morgan fingerprint density at radius 2 is 2.07 bits per heavy atom. The quantitative estimate of drug-likeness (QED) is 0.749. The molecule has 0 radical (unpaired) electrons. The second kappa shape index (κ2) is 4.58. The Kier molecular flexibility index (Phi) is 3.39. The summed E-state index contributed by atoms with van der Waals surface area (Å²) in [7, 11) is 0. The van der Waals surface area contributed by atoms with E-state index in [4.69, 9.17) is 0 Å². The van der Waals surface area contributed by atoms with Crippen molar-refractivity contribution in [2.45, 2.75) is 44.2 Å². The van der Waals surface area contributed by atoms with Crippen molar-refractivity contribution in [1.29, 1.82) is 0 Å². The first-order valence-electron chi connectivity index (χ1n) is 5.79. The lowest BCUT2D eigenvalue weighted by molar-refractivity contribution is 0.0721. The van der Waals surface area contributed by atoms with Crippen LogP contribution in [0.4, 0.5) is 4.39 Å². The van der Waals surface area contributed by atoms with Gasteiger partial charge >= 0.3 is 0 Å².